The van der Waals surface area contributed by atoms with Gasteiger partial charge < -0.3 is 10.2 Å². The molecule has 2 aliphatic rings. The summed E-state index contributed by atoms with van der Waals surface area (Å²) in [5, 5.41) is 11.9. The number of nitrogens with zero attached hydrogens (tertiary/aromatic N) is 4. The van der Waals surface area contributed by atoms with Gasteiger partial charge in [-0.1, -0.05) is 0 Å². The van der Waals surface area contributed by atoms with Crippen LogP contribution in [0, 0.1) is 11.3 Å². The lowest BCUT2D eigenvalue weighted by atomic mass is 9.95. The first kappa shape index (κ1) is 21.2. The fraction of sp³-hybridized carbons (Fsp3) is 0.316. The highest BCUT2D eigenvalue weighted by Crippen LogP contribution is 2.37. The molecule has 3 heterocycles. The van der Waals surface area contributed by atoms with Crippen LogP contribution in [0.2, 0.25) is 0 Å². The minimum atomic E-state index is -3.61. The number of amides is 1. The van der Waals surface area contributed by atoms with Crippen LogP contribution in [-0.4, -0.2) is 61.7 Å². The average Bonchev–Trinajstić information content (AvgIpc) is 3.03. The maximum absolute atomic E-state index is 12.8. The van der Waals surface area contributed by atoms with Crippen molar-refractivity contribution in [2.75, 3.05) is 38.5 Å². The number of piperazine rings is 1. The highest BCUT2D eigenvalue weighted by Gasteiger charge is 2.34. The molecule has 4 rings (SSSR count). The zero-order valence-electron chi connectivity index (χ0n) is 15.7. The lowest BCUT2D eigenvalue weighted by Crippen LogP contribution is -2.47. The molecule has 1 amide bonds. The van der Waals surface area contributed by atoms with Gasteiger partial charge in [-0.25, -0.2) is 8.42 Å². The highest BCUT2D eigenvalue weighted by atomic mass is 35.5. The predicted octanol–water partition coefficient (Wildman–Crippen LogP) is 1.40. The molecule has 0 bridgehead atoms. The van der Waals surface area contributed by atoms with Gasteiger partial charge in [0, 0.05) is 38.1 Å². The van der Waals surface area contributed by atoms with Crippen LogP contribution in [0.25, 0.3) is 0 Å². The van der Waals surface area contributed by atoms with Crippen LogP contribution in [-0.2, 0) is 14.8 Å². The van der Waals surface area contributed by atoms with Crippen molar-refractivity contribution in [3.8, 4) is 6.07 Å². The van der Waals surface area contributed by atoms with Crippen molar-refractivity contribution in [3.63, 3.8) is 0 Å². The maximum atomic E-state index is 12.8. The fourth-order valence-electron chi connectivity index (χ4n) is 3.52. The zero-order valence-corrected chi connectivity index (χ0v) is 17.3. The number of anilines is 1. The van der Waals surface area contributed by atoms with E-state index in [2.05, 4.69) is 21.3 Å². The first-order valence-corrected chi connectivity index (χ1v) is 10.3. The molecule has 1 aromatic heterocycles. The lowest BCUT2D eigenvalue weighted by Gasteiger charge is -2.31. The summed E-state index contributed by atoms with van der Waals surface area (Å²) in [7, 11) is -1.65. The summed E-state index contributed by atoms with van der Waals surface area (Å²) in [6, 6.07) is 10.1. The molecule has 0 saturated carbocycles. The second kappa shape index (κ2) is 8.08. The predicted molar refractivity (Wildman–Crippen MR) is 109 cm³/mol. The molecule has 1 fully saturated rings. The van der Waals surface area contributed by atoms with Gasteiger partial charge in [-0.15, -0.1) is 12.4 Å². The standard InChI is InChI=1S/C19H19N5O3S.ClH/c1-23-6-8-24(9-7-23)28(26,27)14-3-5-17(21-12-14)18-15-10-13(11-20)2-4-16(15)22-19(18)25;/h2-5,10,12,18H,6-9H2,1H3,(H,22,25);1H. The summed E-state index contributed by atoms with van der Waals surface area (Å²) >= 11 is 0. The van der Waals surface area contributed by atoms with Gasteiger partial charge in [0.25, 0.3) is 0 Å². The van der Waals surface area contributed by atoms with Crippen molar-refractivity contribution >= 4 is 34.0 Å². The number of pyridine rings is 1. The van der Waals surface area contributed by atoms with Gasteiger partial charge in [-0.3, -0.25) is 9.78 Å². The Morgan fingerprint density at radius 2 is 1.90 bits per heavy atom. The topological polar surface area (TPSA) is 106 Å². The van der Waals surface area contributed by atoms with Crippen molar-refractivity contribution in [1.82, 2.24) is 14.2 Å². The number of nitriles is 1. The Morgan fingerprint density at radius 3 is 2.52 bits per heavy atom. The summed E-state index contributed by atoms with van der Waals surface area (Å²) in [5.41, 5.74) is 2.22. The van der Waals surface area contributed by atoms with Gasteiger partial charge in [0.15, 0.2) is 0 Å². The SMILES string of the molecule is CN1CCN(S(=O)(=O)c2ccc(C3C(=O)Nc4ccc(C#N)cc43)nc2)CC1.Cl. The normalized spacial score (nSPS) is 19.7. The van der Waals surface area contributed by atoms with Gasteiger partial charge in [-0.05, 0) is 42.9 Å². The van der Waals surface area contributed by atoms with Gasteiger partial charge in [0.05, 0.1) is 17.3 Å². The zero-order chi connectivity index (χ0) is 19.9. The largest absolute Gasteiger partial charge is 0.325 e. The summed E-state index contributed by atoms with van der Waals surface area (Å²) in [6.45, 7) is 2.25. The van der Waals surface area contributed by atoms with E-state index in [1.54, 1.807) is 24.3 Å². The van der Waals surface area contributed by atoms with E-state index >= 15 is 0 Å². The maximum Gasteiger partial charge on any atom is 0.244 e. The molecule has 8 nitrogen and oxygen atoms in total. The third-order valence-corrected chi connectivity index (χ3v) is 7.05. The number of hydrogen-bond donors (Lipinski definition) is 1. The number of rotatable bonds is 3. The van der Waals surface area contributed by atoms with Crippen LogP contribution in [0.5, 0.6) is 0 Å². The van der Waals surface area contributed by atoms with E-state index in [1.807, 2.05) is 7.05 Å². The molecule has 2 aliphatic heterocycles. The van der Waals surface area contributed by atoms with Crippen LogP contribution >= 0.6 is 12.4 Å². The van der Waals surface area contributed by atoms with E-state index in [-0.39, 0.29) is 23.2 Å². The minimum absolute atomic E-state index is 0. The number of aromatic nitrogens is 1. The van der Waals surface area contributed by atoms with Crippen molar-refractivity contribution < 1.29 is 13.2 Å². The number of carbonyl (C=O) groups excluding carboxylic acids is 1. The molecule has 1 unspecified atom stereocenters. The quantitative estimate of drug-likeness (QED) is 0.784. The molecule has 2 aromatic rings. The molecule has 0 radical (unpaired) electrons. The summed E-state index contributed by atoms with van der Waals surface area (Å²) in [5.74, 6) is -0.907. The molecule has 1 saturated heterocycles. The van der Waals surface area contributed by atoms with Gasteiger partial charge in [-0.2, -0.15) is 9.57 Å². The van der Waals surface area contributed by atoms with Crippen LogP contribution in [0.4, 0.5) is 5.69 Å². The number of benzene rings is 1. The molecular weight excluding hydrogens is 414 g/mol. The fourth-order valence-corrected chi connectivity index (χ4v) is 4.89. The van der Waals surface area contributed by atoms with Crippen molar-refractivity contribution in [2.24, 2.45) is 0 Å². The Kier molecular flexibility index (Phi) is 5.91. The molecule has 152 valence electrons. The smallest absolute Gasteiger partial charge is 0.244 e. The molecular formula is C19H20ClN5O3S. The Bertz CT molecular complexity index is 1070. The molecule has 0 aliphatic carbocycles. The first-order chi connectivity index (χ1) is 13.4. The van der Waals surface area contributed by atoms with Gasteiger partial charge in [0.2, 0.25) is 15.9 Å². The Labute approximate surface area is 175 Å². The number of hydrogen-bond acceptors (Lipinski definition) is 6. The van der Waals surface area contributed by atoms with Crippen LogP contribution in [0.1, 0.15) is 22.7 Å². The van der Waals surface area contributed by atoms with Crippen molar-refractivity contribution in [2.45, 2.75) is 10.8 Å². The Hall–Kier alpha value is -2.51. The average molecular weight is 434 g/mol. The van der Waals surface area contributed by atoms with E-state index in [9.17, 15) is 13.2 Å². The number of sulfonamides is 1. The van der Waals surface area contributed by atoms with E-state index in [0.717, 1.165) is 0 Å². The van der Waals surface area contributed by atoms with Crippen LogP contribution in [0.15, 0.2) is 41.4 Å². The molecule has 29 heavy (non-hydrogen) atoms. The number of fused-ring (bicyclic) bond motifs is 1. The molecule has 10 heteroatoms. The second-order valence-corrected chi connectivity index (χ2v) is 8.90. The number of halogens is 1. The summed E-state index contributed by atoms with van der Waals surface area (Å²) in [4.78, 5) is 18.9. The first-order valence-electron chi connectivity index (χ1n) is 8.90. The minimum Gasteiger partial charge on any atom is -0.325 e. The van der Waals surface area contributed by atoms with Crippen molar-refractivity contribution in [1.29, 1.82) is 5.26 Å². The van der Waals surface area contributed by atoms with E-state index in [4.69, 9.17) is 5.26 Å². The highest BCUT2D eigenvalue weighted by molar-refractivity contribution is 7.89. The summed E-state index contributed by atoms with van der Waals surface area (Å²) < 4.78 is 27.1. The molecule has 1 aromatic carbocycles. The van der Waals surface area contributed by atoms with Crippen LogP contribution in [0.3, 0.4) is 0 Å². The number of nitrogens with one attached hydrogen (secondary N) is 1. The lowest BCUT2D eigenvalue weighted by molar-refractivity contribution is -0.116. The number of carbonyl (C=O) groups is 1. The Morgan fingerprint density at radius 1 is 1.17 bits per heavy atom. The van der Waals surface area contributed by atoms with E-state index < -0.39 is 15.9 Å². The Balaban J connectivity index is 0.00000240. The van der Waals surface area contributed by atoms with Gasteiger partial charge >= 0.3 is 0 Å². The van der Waals surface area contributed by atoms with E-state index in [0.29, 0.717) is 48.7 Å². The number of likely N-dealkylation sites (N-methyl/N-ethyl adjacent to an activating group) is 1. The molecule has 1 N–H and O–H groups in total. The van der Waals surface area contributed by atoms with Gasteiger partial charge in [0.1, 0.15) is 10.8 Å². The third-order valence-electron chi connectivity index (χ3n) is 5.17. The van der Waals surface area contributed by atoms with Crippen LogP contribution < -0.4 is 5.32 Å². The van der Waals surface area contributed by atoms with Crippen molar-refractivity contribution in [3.05, 3.63) is 53.3 Å². The molecule has 1 atom stereocenters. The monoisotopic (exact) mass is 433 g/mol. The molecule has 0 spiro atoms. The third kappa shape index (κ3) is 3.84. The second-order valence-electron chi connectivity index (χ2n) is 6.96. The summed E-state index contributed by atoms with van der Waals surface area (Å²) in [6.07, 6.45) is 1.31. The van der Waals surface area contributed by atoms with E-state index in [1.165, 1.54) is 16.6 Å².